The van der Waals surface area contributed by atoms with Crippen LogP contribution in [0.5, 0.6) is 0 Å². The Kier molecular flexibility index (Phi) is 2.94. The van der Waals surface area contributed by atoms with Crippen molar-refractivity contribution in [2.24, 2.45) is 5.41 Å². The van der Waals surface area contributed by atoms with E-state index >= 15 is 0 Å². The lowest BCUT2D eigenvalue weighted by atomic mass is 10.1. The van der Waals surface area contributed by atoms with Gasteiger partial charge in [0, 0.05) is 23.9 Å². The molecule has 96 valence electrons. The van der Waals surface area contributed by atoms with Gasteiger partial charge in [-0.05, 0) is 25.8 Å². The zero-order valence-corrected chi connectivity index (χ0v) is 9.97. The molecule has 0 spiro atoms. The van der Waals surface area contributed by atoms with E-state index in [9.17, 15) is 14.9 Å². The van der Waals surface area contributed by atoms with Gasteiger partial charge >= 0.3 is 5.97 Å². The van der Waals surface area contributed by atoms with Gasteiger partial charge in [-0.3, -0.25) is 14.9 Å². The average molecular weight is 250 g/mol. The lowest BCUT2D eigenvalue weighted by Gasteiger charge is -2.13. The Bertz CT molecular complexity index is 509. The molecule has 0 amide bonds. The van der Waals surface area contributed by atoms with E-state index in [-0.39, 0.29) is 5.69 Å². The summed E-state index contributed by atoms with van der Waals surface area (Å²) in [5, 5.41) is 22.8. The van der Waals surface area contributed by atoms with Crippen molar-refractivity contribution in [3.8, 4) is 0 Å². The number of anilines is 1. The summed E-state index contributed by atoms with van der Waals surface area (Å²) in [4.78, 5) is 21.4. The Hall–Kier alpha value is -2.11. The third kappa shape index (κ3) is 2.13. The van der Waals surface area contributed by atoms with E-state index in [0.29, 0.717) is 30.6 Å². The summed E-state index contributed by atoms with van der Waals surface area (Å²) in [5.41, 5.74) is 0.512. The Labute approximate surface area is 104 Å². The second-order valence-corrected chi connectivity index (χ2v) is 4.65. The number of carboxylic acids is 1. The molecule has 0 aliphatic heterocycles. The molecular formula is C12H14N2O4. The Morgan fingerprint density at radius 1 is 1.56 bits per heavy atom. The molecule has 1 fully saturated rings. The van der Waals surface area contributed by atoms with Crippen molar-refractivity contribution in [1.29, 1.82) is 0 Å². The van der Waals surface area contributed by atoms with Crippen molar-refractivity contribution in [1.82, 2.24) is 0 Å². The highest BCUT2D eigenvalue weighted by atomic mass is 16.6. The number of benzene rings is 1. The standard InChI is InChI=1S/C12H14N2O4/c1-8-9(3-2-4-10(8)14(17)18)13-7-12(5-6-12)11(15)16/h2-4,13H,5-7H2,1H3,(H,15,16). The van der Waals surface area contributed by atoms with Crippen molar-refractivity contribution in [2.45, 2.75) is 19.8 Å². The van der Waals surface area contributed by atoms with Crippen LogP contribution >= 0.6 is 0 Å². The van der Waals surface area contributed by atoms with Crippen LogP contribution in [0.15, 0.2) is 18.2 Å². The van der Waals surface area contributed by atoms with Gasteiger partial charge in [-0.15, -0.1) is 0 Å². The van der Waals surface area contributed by atoms with Crippen molar-refractivity contribution >= 4 is 17.3 Å². The Morgan fingerprint density at radius 3 is 2.72 bits per heavy atom. The van der Waals surface area contributed by atoms with Crippen LogP contribution in [0.3, 0.4) is 0 Å². The fourth-order valence-corrected chi connectivity index (χ4v) is 1.89. The molecule has 0 radical (unpaired) electrons. The van der Waals surface area contributed by atoms with E-state index in [0.717, 1.165) is 0 Å². The van der Waals surface area contributed by atoms with E-state index in [1.54, 1.807) is 19.1 Å². The molecule has 0 bridgehead atoms. The number of nitro benzene ring substituents is 1. The lowest BCUT2D eigenvalue weighted by Crippen LogP contribution is -2.24. The minimum Gasteiger partial charge on any atom is -0.481 e. The highest BCUT2D eigenvalue weighted by Crippen LogP contribution is 2.46. The smallest absolute Gasteiger partial charge is 0.311 e. The van der Waals surface area contributed by atoms with E-state index < -0.39 is 16.3 Å². The highest BCUT2D eigenvalue weighted by molar-refractivity contribution is 5.78. The van der Waals surface area contributed by atoms with Crippen molar-refractivity contribution in [2.75, 3.05) is 11.9 Å². The number of aliphatic carboxylic acids is 1. The molecule has 0 aromatic heterocycles. The maximum absolute atomic E-state index is 11.0. The van der Waals surface area contributed by atoms with Gasteiger partial charge in [0.1, 0.15) is 0 Å². The molecule has 2 rings (SSSR count). The second kappa shape index (κ2) is 4.29. The van der Waals surface area contributed by atoms with Crippen molar-refractivity contribution < 1.29 is 14.8 Å². The summed E-state index contributed by atoms with van der Waals surface area (Å²) in [6.45, 7) is 1.96. The Balaban J connectivity index is 2.13. The SMILES string of the molecule is Cc1c(NCC2(C(=O)O)CC2)cccc1[N+](=O)[O-]. The van der Waals surface area contributed by atoms with E-state index in [4.69, 9.17) is 5.11 Å². The molecule has 0 unspecified atom stereocenters. The number of nitrogens with one attached hydrogen (secondary N) is 1. The molecule has 1 aromatic carbocycles. The number of nitrogens with zero attached hydrogens (tertiary/aromatic N) is 1. The largest absolute Gasteiger partial charge is 0.481 e. The molecule has 6 nitrogen and oxygen atoms in total. The van der Waals surface area contributed by atoms with E-state index in [1.807, 2.05) is 0 Å². The third-order valence-corrected chi connectivity index (χ3v) is 3.43. The number of carbonyl (C=O) groups is 1. The number of nitro groups is 1. The van der Waals surface area contributed by atoms with Crippen LogP contribution in [-0.2, 0) is 4.79 Å². The molecule has 0 heterocycles. The second-order valence-electron chi connectivity index (χ2n) is 4.65. The maximum Gasteiger partial charge on any atom is 0.311 e. The topological polar surface area (TPSA) is 92.5 Å². The zero-order valence-electron chi connectivity index (χ0n) is 9.97. The average Bonchev–Trinajstić information content (AvgIpc) is 3.08. The van der Waals surface area contributed by atoms with Gasteiger partial charge in [-0.2, -0.15) is 0 Å². The molecule has 1 saturated carbocycles. The van der Waals surface area contributed by atoms with E-state index in [1.165, 1.54) is 6.07 Å². The molecule has 1 aliphatic carbocycles. The molecule has 0 saturated heterocycles. The fraction of sp³-hybridized carbons (Fsp3) is 0.417. The van der Waals surface area contributed by atoms with Gasteiger partial charge in [0.05, 0.1) is 10.3 Å². The molecule has 1 aliphatic rings. The van der Waals surface area contributed by atoms with Crippen LogP contribution in [-0.4, -0.2) is 22.5 Å². The van der Waals surface area contributed by atoms with Crippen molar-refractivity contribution in [3.63, 3.8) is 0 Å². The first-order chi connectivity index (χ1) is 8.46. The monoisotopic (exact) mass is 250 g/mol. The summed E-state index contributed by atoms with van der Waals surface area (Å²) in [7, 11) is 0. The van der Waals surface area contributed by atoms with Crippen LogP contribution in [0.1, 0.15) is 18.4 Å². The predicted molar refractivity (Wildman–Crippen MR) is 65.6 cm³/mol. The van der Waals surface area contributed by atoms with Gasteiger partial charge in [0.2, 0.25) is 0 Å². The summed E-state index contributed by atoms with van der Waals surface area (Å²) in [6, 6.07) is 4.75. The number of hydrogen-bond acceptors (Lipinski definition) is 4. The molecule has 0 atom stereocenters. The summed E-state index contributed by atoms with van der Waals surface area (Å²) in [5.74, 6) is -0.807. The van der Waals surface area contributed by atoms with Gasteiger partial charge < -0.3 is 10.4 Å². The quantitative estimate of drug-likeness (QED) is 0.617. The van der Waals surface area contributed by atoms with Crippen LogP contribution in [0.4, 0.5) is 11.4 Å². The van der Waals surface area contributed by atoms with Crippen LogP contribution in [0.2, 0.25) is 0 Å². The van der Waals surface area contributed by atoms with Gasteiger partial charge in [0.25, 0.3) is 5.69 Å². The van der Waals surface area contributed by atoms with Gasteiger partial charge in [-0.1, -0.05) is 6.07 Å². The summed E-state index contributed by atoms with van der Waals surface area (Å²) < 4.78 is 0. The normalized spacial score (nSPS) is 16.1. The third-order valence-electron chi connectivity index (χ3n) is 3.43. The van der Waals surface area contributed by atoms with Crippen molar-refractivity contribution in [3.05, 3.63) is 33.9 Å². The highest BCUT2D eigenvalue weighted by Gasteiger charge is 2.50. The Morgan fingerprint density at radius 2 is 2.22 bits per heavy atom. The summed E-state index contributed by atoms with van der Waals surface area (Å²) >= 11 is 0. The predicted octanol–water partition coefficient (Wildman–Crippen LogP) is 2.18. The maximum atomic E-state index is 11.0. The zero-order chi connectivity index (χ0) is 13.3. The number of carboxylic acid groups (broad SMARTS) is 1. The molecular weight excluding hydrogens is 236 g/mol. The van der Waals surface area contributed by atoms with Gasteiger partial charge in [-0.25, -0.2) is 0 Å². The molecule has 6 heteroatoms. The van der Waals surface area contributed by atoms with Crippen LogP contribution in [0.25, 0.3) is 0 Å². The first-order valence-electron chi connectivity index (χ1n) is 5.67. The first-order valence-corrected chi connectivity index (χ1v) is 5.67. The van der Waals surface area contributed by atoms with Crippen LogP contribution in [0, 0.1) is 22.5 Å². The molecule has 1 aromatic rings. The van der Waals surface area contributed by atoms with Crippen LogP contribution < -0.4 is 5.32 Å². The molecule has 2 N–H and O–H groups in total. The lowest BCUT2D eigenvalue weighted by molar-refractivity contribution is -0.385. The van der Waals surface area contributed by atoms with Gasteiger partial charge in [0.15, 0.2) is 0 Å². The fourth-order valence-electron chi connectivity index (χ4n) is 1.89. The van der Waals surface area contributed by atoms with E-state index in [2.05, 4.69) is 5.32 Å². The summed E-state index contributed by atoms with van der Waals surface area (Å²) in [6.07, 6.45) is 1.31. The minimum atomic E-state index is -0.807. The first kappa shape index (κ1) is 12.3. The number of rotatable bonds is 5. The minimum absolute atomic E-state index is 0.0418. The number of hydrogen-bond donors (Lipinski definition) is 2. The molecule has 18 heavy (non-hydrogen) atoms.